The van der Waals surface area contributed by atoms with E-state index >= 15 is 0 Å². The number of nitrogens with zero attached hydrogens (tertiary/aromatic N) is 1. The van der Waals surface area contributed by atoms with Crippen LogP contribution in [0.3, 0.4) is 0 Å². The summed E-state index contributed by atoms with van der Waals surface area (Å²) in [5, 5.41) is 5.82. The molecule has 0 aromatic heterocycles. The van der Waals surface area contributed by atoms with Gasteiger partial charge in [0.25, 0.3) is 0 Å². The van der Waals surface area contributed by atoms with Crippen LogP contribution in [-0.4, -0.2) is 49.4 Å². The molecular formula is C12H24ClN3O2. The lowest BCUT2D eigenvalue weighted by Gasteiger charge is -2.38. The Bertz CT molecular complexity index is 297. The van der Waals surface area contributed by atoms with Gasteiger partial charge in [0.05, 0.1) is 0 Å². The zero-order valence-electron chi connectivity index (χ0n) is 11.5. The Labute approximate surface area is 115 Å². The van der Waals surface area contributed by atoms with E-state index in [0.29, 0.717) is 19.6 Å². The van der Waals surface area contributed by atoms with Crippen LogP contribution in [0.4, 0.5) is 0 Å². The number of rotatable bonds is 4. The highest BCUT2D eigenvalue weighted by Gasteiger charge is 2.36. The van der Waals surface area contributed by atoms with E-state index in [1.54, 1.807) is 4.90 Å². The minimum atomic E-state index is -0.324. The molecule has 1 fully saturated rings. The Balaban J connectivity index is 0.00000289. The van der Waals surface area contributed by atoms with Crippen LogP contribution in [0.5, 0.6) is 0 Å². The van der Waals surface area contributed by atoms with E-state index in [1.807, 2.05) is 27.8 Å². The van der Waals surface area contributed by atoms with Gasteiger partial charge in [-0.2, -0.15) is 0 Å². The summed E-state index contributed by atoms with van der Waals surface area (Å²) >= 11 is 0. The van der Waals surface area contributed by atoms with Crippen molar-refractivity contribution in [3.05, 3.63) is 0 Å². The summed E-state index contributed by atoms with van der Waals surface area (Å²) in [5.41, 5.74) is 0. The molecule has 1 saturated heterocycles. The van der Waals surface area contributed by atoms with Crippen molar-refractivity contribution in [1.82, 2.24) is 15.5 Å². The SMILES string of the molecule is CNCC(C)C(=O)N1CCNC(=O)C1C(C)C.Cl. The molecule has 0 spiro atoms. The van der Waals surface area contributed by atoms with Crippen LogP contribution in [-0.2, 0) is 9.59 Å². The zero-order valence-corrected chi connectivity index (χ0v) is 12.3. The Morgan fingerprint density at radius 1 is 1.50 bits per heavy atom. The van der Waals surface area contributed by atoms with E-state index in [9.17, 15) is 9.59 Å². The fourth-order valence-corrected chi connectivity index (χ4v) is 2.27. The molecule has 2 amide bonds. The summed E-state index contributed by atoms with van der Waals surface area (Å²) in [6.45, 7) is 7.64. The second-order valence-electron chi connectivity index (χ2n) is 4.97. The summed E-state index contributed by atoms with van der Waals surface area (Å²) < 4.78 is 0. The van der Waals surface area contributed by atoms with Crippen LogP contribution in [0, 0.1) is 11.8 Å². The summed E-state index contributed by atoms with van der Waals surface area (Å²) in [4.78, 5) is 25.8. The van der Waals surface area contributed by atoms with Crippen LogP contribution in [0.15, 0.2) is 0 Å². The lowest BCUT2D eigenvalue weighted by molar-refractivity contribution is -0.147. The van der Waals surface area contributed by atoms with Crippen molar-refractivity contribution >= 4 is 24.2 Å². The number of nitrogens with one attached hydrogen (secondary N) is 2. The Morgan fingerprint density at radius 3 is 2.61 bits per heavy atom. The Morgan fingerprint density at radius 2 is 2.11 bits per heavy atom. The Kier molecular flexibility index (Phi) is 7.25. The third-order valence-corrected chi connectivity index (χ3v) is 3.10. The first-order valence-corrected chi connectivity index (χ1v) is 6.21. The second kappa shape index (κ2) is 7.59. The number of amides is 2. The maximum Gasteiger partial charge on any atom is 0.243 e. The molecule has 18 heavy (non-hydrogen) atoms. The lowest BCUT2D eigenvalue weighted by atomic mass is 9.97. The highest BCUT2D eigenvalue weighted by Crippen LogP contribution is 2.16. The first kappa shape index (κ1) is 17.2. The molecular weight excluding hydrogens is 254 g/mol. The highest BCUT2D eigenvalue weighted by atomic mass is 35.5. The van der Waals surface area contributed by atoms with E-state index in [2.05, 4.69) is 10.6 Å². The molecule has 1 aliphatic rings. The van der Waals surface area contributed by atoms with Crippen molar-refractivity contribution < 1.29 is 9.59 Å². The number of carbonyl (C=O) groups is 2. The van der Waals surface area contributed by atoms with Crippen molar-refractivity contribution in [3.8, 4) is 0 Å². The first-order valence-electron chi connectivity index (χ1n) is 6.21. The van der Waals surface area contributed by atoms with Gasteiger partial charge in [0.1, 0.15) is 6.04 Å². The number of carbonyl (C=O) groups excluding carboxylic acids is 2. The molecule has 2 unspecified atom stereocenters. The minimum absolute atomic E-state index is 0. The summed E-state index contributed by atoms with van der Waals surface area (Å²) in [6.07, 6.45) is 0. The van der Waals surface area contributed by atoms with Gasteiger partial charge in [-0.3, -0.25) is 9.59 Å². The van der Waals surface area contributed by atoms with Crippen molar-refractivity contribution in [1.29, 1.82) is 0 Å². The summed E-state index contributed by atoms with van der Waals surface area (Å²) in [5.74, 6) is 0.0809. The molecule has 0 saturated carbocycles. The molecule has 0 radical (unpaired) electrons. The molecule has 0 aromatic rings. The average Bonchev–Trinajstić information content (AvgIpc) is 2.27. The zero-order chi connectivity index (χ0) is 13.0. The monoisotopic (exact) mass is 277 g/mol. The second-order valence-corrected chi connectivity index (χ2v) is 4.97. The van der Waals surface area contributed by atoms with Gasteiger partial charge in [0, 0.05) is 25.6 Å². The van der Waals surface area contributed by atoms with Crippen LogP contribution in [0.25, 0.3) is 0 Å². The van der Waals surface area contributed by atoms with E-state index in [4.69, 9.17) is 0 Å². The van der Waals surface area contributed by atoms with Gasteiger partial charge in [-0.25, -0.2) is 0 Å². The fourth-order valence-electron chi connectivity index (χ4n) is 2.27. The number of hydrogen-bond acceptors (Lipinski definition) is 3. The van der Waals surface area contributed by atoms with E-state index in [-0.39, 0.29) is 42.1 Å². The summed E-state index contributed by atoms with van der Waals surface area (Å²) in [7, 11) is 1.83. The topological polar surface area (TPSA) is 61.4 Å². The van der Waals surface area contributed by atoms with Crippen LogP contribution in [0.1, 0.15) is 20.8 Å². The molecule has 6 heteroatoms. The van der Waals surface area contributed by atoms with Gasteiger partial charge < -0.3 is 15.5 Å². The number of hydrogen-bond donors (Lipinski definition) is 2. The predicted octanol–water partition coefficient (Wildman–Crippen LogP) is 0.247. The highest BCUT2D eigenvalue weighted by molar-refractivity contribution is 5.89. The van der Waals surface area contributed by atoms with Crippen molar-refractivity contribution in [2.45, 2.75) is 26.8 Å². The quantitative estimate of drug-likeness (QED) is 0.774. The van der Waals surface area contributed by atoms with Crippen molar-refractivity contribution in [2.75, 3.05) is 26.7 Å². The molecule has 2 atom stereocenters. The van der Waals surface area contributed by atoms with Crippen LogP contribution >= 0.6 is 12.4 Å². The van der Waals surface area contributed by atoms with Gasteiger partial charge in [-0.05, 0) is 13.0 Å². The molecule has 106 valence electrons. The Hall–Kier alpha value is -0.810. The maximum atomic E-state index is 12.3. The standard InChI is InChI=1S/C12H23N3O2.ClH/c1-8(2)10-11(16)14-5-6-15(10)12(17)9(3)7-13-4;/h8-10,13H,5-7H2,1-4H3,(H,14,16);1H. The van der Waals surface area contributed by atoms with Gasteiger partial charge in [0.2, 0.25) is 11.8 Å². The number of halogens is 1. The van der Waals surface area contributed by atoms with Crippen molar-refractivity contribution in [3.63, 3.8) is 0 Å². The van der Waals surface area contributed by atoms with Gasteiger partial charge >= 0.3 is 0 Å². The third kappa shape index (κ3) is 3.85. The molecule has 1 rings (SSSR count). The smallest absolute Gasteiger partial charge is 0.243 e. The van der Waals surface area contributed by atoms with Crippen molar-refractivity contribution in [2.24, 2.45) is 11.8 Å². The van der Waals surface area contributed by atoms with Gasteiger partial charge in [-0.15, -0.1) is 12.4 Å². The average molecular weight is 278 g/mol. The lowest BCUT2D eigenvalue weighted by Crippen LogP contribution is -2.60. The first-order chi connectivity index (χ1) is 7.99. The van der Waals surface area contributed by atoms with E-state index < -0.39 is 0 Å². The molecule has 1 aliphatic heterocycles. The summed E-state index contributed by atoms with van der Waals surface area (Å²) in [6, 6.07) is -0.324. The minimum Gasteiger partial charge on any atom is -0.353 e. The normalized spacial score (nSPS) is 21.3. The largest absolute Gasteiger partial charge is 0.353 e. The van der Waals surface area contributed by atoms with E-state index in [1.165, 1.54) is 0 Å². The van der Waals surface area contributed by atoms with Crippen LogP contribution < -0.4 is 10.6 Å². The third-order valence-electron chi connectivity index (χ3n) is 3.10. The van der Waals surface area contributed by atoms with E-state index in [0.717, 1.165) is 0 Å². The van der Waals surface area contributed by atoms with Gasteiger partial charge in [-0.1, -0.05) is 20.8 Å². The molecule has 2 N–H and O–H groups in total. The molecule has 0 aliphatic carbocycles. The molecule has 1 heterocycles. The molecule has 5 nitrogen and oxygen atoms in total. The maximum absolute atomic E-state index is 12.3. The van der Waals surface area contributed by atoms with Gasteiger partial charge in [0.15, 0.2) is 0 Å². The predicted molar refractivity (Wildman–Crippen MR) is 73.7 cm³/mol. The van der Waals surface area contributed by atoms with Crippen LogP contribution in [0.2, 0.25) is 0 Å². The molecule has 0 bridgehead atoms. The number of piperazine rings is 1. The fraction of sp³-hybridized carbons (Fsp3) is 0.833. The molecule has 0 aromatic carbocycles.